The summed E-state index contributed by atoms with van der Waals surface area (Å²) in [6, 6.07) is 5.07. The average molecular weight is 345 g/mol. The van der Waals surface area contributed by atoms with Crippen LogP contribution in [0.15, 0.2) is 34.5 Å². The lowest BCUT2D eigenvalue weighted by Gasteiger charge is -2.14. The number of rotatable bonds is 6. The van der Waals surface area contributed by atoms with Gasteiger partial charge in [0.05, 0.1) is 7.11 Å². The second-order valence-electron chi connectivity index (χ2n) is 4.63. The zero-order valence-corrected chi connectivity index (χ0v) is 13.7. The number of aliphatic hydroxyl groups is 1. The largest absolute Gasteiger partial charge is 0.495 e. The minimum absolute atomic E-state index is 0.0377. The van der Waals surface area contributed by atoms with Gasteiger partial charge in [-0.1, -0.05) is 0 Å². The highest BCUT2D eigenvalue weighted by atomic mass is 32.2. The maximum absolute atomic E-state index is 13.3. The standard InChI is InChI=1S/C14H16FNO4S2/c1-9-5-6-21-14(9)11(17)8-16-22(18,19)13-7-10(15)3-4-12(13)20-2/h3-7,11,16-17H,8H2,1-2H3/t11-/m0/s1. The molecule has 1 aromatic heterocycles. The molecule has 1 atom stereocenters. The van der Waals surface area contributed by atoms with E-state index in [1.54, 1.807) is 0 Å². The van der Waals surface area contributed by atoms with Crippen molar-refractivity contribution in [2.45, 2.75) is 17.9 Å². The summed E-state index contributed by atoms with van der Waals surface area (Å²) in [7, 11) is -2.69. The maximum Gasteiger partial charge on any atom is 0.244 e. The zero-order chi connectivity index (χ0) is 16.3. The van der Waals surface area contributed by atoms with E-state index in [2.05, 4.69) is 4.72 Å². The van der Waals surface area contributed by atoms with Gasteiger partial charge in [0, 0.05) is 11.4 Å². The van der Waals surface area contributed by atoms with Gasteiger partial charge in [-0.3, -0.25) is 0 Å². The van der Waals surface area contributed by atoms with Crippen molar-refractivity contribution < 1.29 is 22.7 Å². The van der Waals surface area contributed by atoms with E-state index < -0.39 is 21.9 Å². The first-order chi connectivity index (χ1) is 10.3. The molecule has 22 heavy (non-hydrogen) atoms. The Morgan fingerprint density at radius 2 is 2.14 bits per heavy atom. The molecule has 0 unspecified atom stereocenters. The van der Waals surface area contributed by atoms with Crippen molar-refractivity contribution in [2.75, 3.05) is 13.7 Å². The molecule has 2 rings (SSSR count). The van der Waals surface area contributed by atoms with Gasteiger partial charge in [0.1, 0.15) is 22.6 Å². The van der Waals surface area contributed by atoms with Crippen LogP contribution in [0.5, 0.6) is 5.75 Å². The number of hydrogen-bond donors (Lipinski definition) is 2. The Morgan fingerprint density at radius 1 is 1.41 bits per heavy atom. The first-order valence-electron chi connectivity index (χ1n) is 6.40. The van der Waals surface area contributed by atoms with Crippen molar-refractivity contribution in [3.63, 3.8) is 0 Å². The predicted octanol–water partition coefficient (Wildman–Crippen LogP) is 2.22. The lowest BCUT2D eigenvalue weighted by atomic mass is 10.2. The summed E-state index contributed by atoms with van der Waals surface area (Å²) in [5.41, 5.74) is 0.889. The van der Waals surface area contributed by atoms with E-state index >= 15 is 0 Å². The Bertz CT molecular complexity index is 758. The van der Waals surface area contributed by atoms with E-state index in [-0.39, 0.29) is 17.2 Å². The highest BCUT2D eigenvalue weighted by molar-refractivity contribution is 7.89. The van der Waals surface area contributed by atoms with Gasteiger partial charge in [0.25, 0.3) is 0 Å². The van der Waals surface area contributed by atoms with Crippen LogP contribution < -0.4 is 9.46 Å². The van der Waals surface area contributed by atoms with Gasteiger partial charge in [-0.05, 0) is 42.1 Å². The third kappa shape index (κ3) is 3.64. The highest BCUT2D eigenvalue weighted by Crippen LogP contribution is 2.26. The number of thiophene rings is 1. The van der Waals surface area contributed by atoms with Gasteiger partial charge in [0.2, 0.25) is 10.0 Å². The van der Waals surface area contributed by atoms with Crippen LogP contribution in [-0.2, 0) is 10.0 Å². The van der Waals surface area contributed by atoms with Crippen molar-refractivity contribution in [3.05, 3.63) is 45.9 Å². The number of aryl methyl sites for hydroxylation is 1. The topological polar surface area (TPSA) is 75.6 Å². The van der Waals surface area contributed by atoms with Gasteiger partial charge >= 0.3 is 0 Å². The number of hydrogen-bond acceptors (Lipinski definition) is 5. The average Bonchev–Trinajstić information content (AvgIpc) is 2.91. The number of halogens is 1. The predicted molar refractivity (Wildman–Crippen MR) is 82.2 cm³/mol. The van der Waals surface area contributed by atoms with Crippen LogP contribution >= 0.6 is 11.3 Å². The first kappa shape index (κ1) is 16.9. The van der Waals surface area contributed by atoms with Crippen LogP contribution in [0.25, 0.3) is 0 Å². The molecular weight excluding hydrogens is 329 g/mol. The van der Waals surface area contributed by atoms with E-state index in [0.29, 0.717) is 4.88 Å². The van der Waals surface area contributed by atoms with Crippen LogP contribution in [0.1, 0.15) is 16.5 Å². The molecule has 0 saturated heterocycles. The molecule has 0 radical (unpaired) electrons. The van der Waals surface area contributed by atoms with Gasteiger partial charge in [0.15, 0.2) is 0 Å². The van der Waals surface area contributed by atoms with Crippen molar-refractivity contribution >= 4 is 21.4 Å². The summed E-state index contributed by atoms with van der Waals surface area (Å²) in [5.74, 6) is -0.647. The van der Waals surface area contributed by atoms with E-state index in [9.17, 15) is 17.9 Å². The Hall–Kier alpha value is -1.48. The molecule has 0 amide bonds. The van der Waals surface area contributed by atoms with Crippen LogP contribution in [0.2, 0.25) is 0 Å². The van der Waals surface area contributed by atoms with Crippen molar-refractivity contribution in [2.24, 2.45) is 0 Å². The van der Waals surface area contributed by atoms with Crippen molar-refractivity contribution in [3.8, 4) is 5.75 Å². The van der Waals surface area contributed by atoms with Gasteiger partial charge in [-0.15, -0.1) is 11.3 Å². The van der Waals surface area contributed by atoms with E-state index in [4.69, 9.17) is 4.74 Å². The Kier molecular flexibility index (Phi) is 5.17. The van der Waals surface area contributed by atoms with Crippen LogP contribution in [0.3, 0.4) is 0 Å². The maximum atomic E-state index is 13.3. The molecule has 2 aromatic rings. The molecule has 0 fully saturated rings. The third-order valence-electron chi connectivity index (χ3n) is 3.09. The summed E-state index contributed by atoms with van der Waals surface area (Å²) < 4.78 is 45.0. The lowest BCUT2D eigenvalue weighted by Crippen LogP contribution is -2.29. The number of ether oxygens (including phenoxy) is 1. The second-order valence-corrected chi connectivity index (χ2v) is 7.31. The fourth-order valence-corrected chi connectivity index (χ4v) is 4.08. The number of sulfonamides is 1. The summed E-state index contributed by atoms with van der Waals surface area (Å²) in [5, 5.41) is 11.9. The van der Waals surface area contributed by atoms with Crippen LogP contribution in [0.4, 0.5) is 4.39 Å². The van der Waals surface area contributed by atoms with Gasteiger partial charge < -0.3 is 9.84 Å². The molecule has 5 nitrogen and oxygen atoms in total. The number of methoxy groups -OCH3 is 1. The Balaban J connectivity index is 2.18. The van der Waals surface area contributed by atoms with Crippen LogP contribution in [-0.4, -0.2) is 27.2 Å². The first-order valence-corrected chi connectivity index (χ1v) is 8.76. The quantitative estimate of drug-likeness (QED) is 0.842. The highest BCUT2D eigenvalue weighted by Gasteiger charge is 2.22. The molecule has 0 aliphatic heterocycles. The molecule has 1 heterocycles. The second kappa shape index (κ2) is 6.74. The molecule has 0 bridgehead atoms. The summed E-state index contributed by atoms with van der Waals surface area (Å²) in [6.45, 7) is 1.63. The third-order valence-corrected chi connectivity index (χ3v) is 5.65. The molecule has 0 aliphatic rings. The Labute approximate surface area is 132 Å². The number of benzene rings is 1. The van der Waals surface area contributed by atoms with Gasteiger partial charge in [-0.25, -0.2) is 17.5 Å². The molecule has 1 aromatic carbocycles. The summed E-state index contributed by atoms with van der Waals surface area (Å²) in [4.78, 5) is 0.388. The summed E-state index contributed by atoms with van der Waals surface area (Å²) in [6.07, 6.45) is -0.964. The molecular formula is C14H16FNO4S2. The molecule has 0 aliphatic carbocycles. The van der Waals surface area contributed by atoms with Crippen LogP contribution in [0, 0.1) is 12.7 Å². The molecule has 0 saturated carbocycles. The lowest BCUT2D eigenvalue weighted by molar-refractivity contribution is 0.185. The number of aliphatic hydroxyl groups excluding tert-OH is 1. The Morgan fingerprint density at radius 3 is 2.73 bits per heavy atom. The molecule has 120 valence electrons. The minimum atomic E-state index is -3.99. The molecule has 8 heteroatoms. The fourth-order valence-electron chi connectivity index (χ4n) is 1.95. The minimum Gasteiger partial charge on any atom is -0.495 e. The monoisotopic (exact) mass is 345 g/mol. The SMILES string of the molecule is COc1ccc(F)cc1S(=O)(=O)NC[C@H](O)c1sccc1C. The smallest absolute Gasteiger partial charge is 0.244 e. The molecule has 0 spiro atoms. The van der Waals surface area contributed by atoms with Crippen molar-refractivity contribution in [1.29, 1.82) is 0 Å². The molecule has 2 N–H and O–H groups in total. The normalized spacial score (nSPS) is 13.1. The number of nitrogens with one attached hydrogen (secondary N) is 1. The van der Waals surface area contributed by atoms with E-state index in [1.165, 1.54) is 24.5 Å². The zero-order valence-electron chi connectivity index (χ0n) is 12.0. The van der Waals surface area contributed by atoms with E-state index in [0.717, 1.165) is 17.7 Å². The summed E-state index contributed by atoms with van der Waals surface area (Å²) >= 11 is 1.34. The van der Waals surface area contributed by atoms with Crippen molar-refractivity contribution in [1.82, 2.24) is 4.72 Å². The van der Waals surface area contributed by atoms with E-state index in [1.807, 2.05) is 18.4 Å². The fraction of sp³-hybridized carbons (Fsp3) is 0.286. The van der Waals surface area contributed by atoms with Gasteiger partial charge in [-0.2, -0.15) is 0 Å².